The van der Waals surface area contributed by atoms with Crippen molar-refractivity contribution in [3.8, 4) is 0 Å². The number of carbonyl (C=O) groups excluding carboxylic acids is 3. The van der Waals surface area contributed by atoms with Crippen molar-refractivity contribution in [2.75, 3.05) is 13.2 Å². The Morgan fingerprint density at radius 1 is 0.241 bits per heavy atom. The Morgan fingerprint density at radius 3 is 0.675 bits per heavy atom. The Labute approximate surface area is 517 Å². The molecule has 0 aromatic rings. The van der Waals surface area contributed by atoms with Gasteiger partial charge in [0.15, 0.2) is 6.10 Å². The van der Waals surface area contributed by atoms with E-state index < -0.39 is 6.10 Å². The zero-order valence-electron chi connectivity index (χ0n) is 55.7. The lowest BCUT2D eigenvalue weighted by Gasteiger charge is -2.18. The van der Waals surface area contributed by atoms with E-state index in [2.05, 4.69) is 81.5 Å². The number of carbonyl (C=O) groups is 3. The summed E-state index contributed by atoms with van der Waals surface area (Å²) < 4.78 is 17.0. The van der Waals surface area contributed by atoms with Crippen molar-refractivity contribution in [3.05, 3.63) is 60.8 Å². The first-order valence-corrected chi connectivity index (χ1v) is 36.8. The number of rotatable bonds is 68. The van der Waals surface area contributed by atoms with Crippen molar-refractivity contribution in [1.29, 1.82) is 0 Å². The summed E-state index contributed by atoms with van der Waals surface area (Å²) in [6.45, 7) is 6.69. The summed E-state index contributed by atoms with van der Waals surface area (Å²) >= 11 is 0. The van der Waals surface area contributed by atoms with Crippen LogP contribution in [0.25, 0.3) is 0 Å². The SMILES string of the molecule is CCCCCCC/C=C\C/C=C\C/C=C\CCCCCCCCCCCCC(=O)OCC(COC(=O)CCCCCCCCCCCCCCCCCCC)OC(=O)CCCCCCCCCCCCC/C=C\C/C=C\CCCCCCC. The van der Waals surface area contributed by atoms with Crippen molar-refractivity contribution in [2.45, 2.75) is 399 Å². The zero-order chi connectivity index (χ0) is 59.9. The summed E-state index contributed by atoms with van der Waals surface area (Å²) in [5, 5.41) is 0. The van der Waals surface area contributed by atoms with E-state index >= 15 is 0 Å². The maximum Gasteiger partial charge on any atom is 0.306 e. The topological polar surface area (TPSA) is 78.9 Å². The van der Waals surface area contributed by atoms with Gasteiger partial charge in [-0.1, -0.05) is 345 Å². The molecule has 1 unspecified atom stereocenters. The van der Waals surface area contributed by atoms with Crippen LogP contribution in [0.5, 0.6) is 0 Å². The Hall–Kier alpha value is -2.89. The van der Waals surface area contributed by atoms with E-state index in [1.165, 1.54) is 276 Å². The molecule has 6 heteroatoms. The standard InChI is InChI=1S/C77H140O6/c1-4-7-10-13-16-19-22-25-28-31-33-35-37-38-40-41-43-46-49-52-55-58-61-64-67-70-76(79)82-73-74(72-81-75(78)69-66-63-60-57-54-51-48-45-30-27-24-21-18-15-12-9-6-3)83-77(80)71-68-65-62-59-56-53-50-47-44-42-39-36-34-32-29-26-23-20-17-14-11-8-5-2/h22-23,25-26,31-34,37-38,74H,4-21,24,27-30,35-36,39-73H2,1-3H3/b25-22-,26-23-,33-31-,34-32-,38-37-. The number of hydrogen-bond acceptors (Lipinski definition) is 6. The molecule has 0 N–H and O–H groups in total. The van der Waals surface area contributed by atoms with Gasteiger partial charge in [0.1, 0.15) is 13.2 Å². The first-order chi connectivity index (χ1) is 41.0. The van der Waals surface area contributed by atoms with E-state index in [-0.39, 0.29) is 31.1 Å². The molecule has 484 valence electrons. The Morgan fingerprint density at radius 2 is 0.434 bits per heavy atom. The molecule has 0 bridgehead atoms. The van der Waals surface area contributed by atoms with Crippen LogP contribution >= 0.6 is 0 Å². The lowest BCUT2D eigenvalue weighted by molar-refractivity contribution is -0.167. The van der Waals surface area contributed by atoms with E-state index in [1.54, 1.807) is 0 Å². The summed E-state index contributed by atoms with van der Waals surface area (Å²) in [4.78, 5) is 38.5. The van der Waals surface area contributed by atoms with E-state index in [0.717, 1.165) is 77.0 Å². The fourth-order valence-corrected chi connectivity index (χ4v) is 11.0. The highest BCUT2D eigenvalue weighted by molar-refractivity contribution is 5.71. The normalized spacial score (nSPS) is 12.4. The molecule has 0 heterocycles. The third-order valence-electron chi connectivity index (χ3n) is 16.5. The first-order valence-electron chi connectivity index (χ1n) is 36.8. The number of unbranched alkanes of at least 4 members (excludes halogenated alkanes) is 47. The van der Waals surface area contributed by atoms with E-state index in [4.69, 9.17) is 14.2 Å². The van der Waals surface area contributed by atoms with Crippen LogP contribution in [0.4, 0.5) is 0 Å². The molecule has 0 spiro atoms. The Bertz CT molecular complexity index is 1470. The summed E-state index contributed by atoms with van der Waals surface area (Å²) in [6.07, 6.45) is 92.4. The van der Waals surface area contributed by atoms with Gasteiger partial charge in [-0.25, -0.2) is 0 Å². The molecule has 0 aliphatic rings. The van der Waals surface area contributed by atoms with E-state index in [0.29, 0.717) is 19.3 Å². The van der Waals surface area contributed by atoms with Gasteiger partial charge in [-0.2, -0.15) is 0 Å². The maximum atomic E-state index is 13.0. The van der Waals surface area contributed by atoms with Crippen molar-refractivity contribution < 1.29 is 28.6 Å². The van der Waals surface area contributed by atoms with Crippen LogP contribution in [0.1, 0.15) is 393 Å². The Kier molecular flexibility index (Phi) is 69.1. The molecule has 0 radical (unpaired) electrons. The van der Waals surface area contributed by atoms with Crippen LogP contribution in [-0.4, -0.2) is 37.2 Å². The van der Waals surface area contributed by atoms with Gasteiger partial charge in [0.05, 0.1) is 0 Å². The molecule has 6 nitrogen and oxygen atoms in total. The average molecular weight is 1160 g/mol. The molecule has 0 rings (SSSR count). The van der Waals surface area contributed by atoms with Crippen molar-refractivity contribution in [3.63, 3.8) is 0 Å². The van der Waals surface area contributed by atoms with Crippen LogP contribution in [0.2, 0.25) is 0 Å². The summed E-state index contributed by atoms with van der Waals surface area (Å²) in [5.41, 5.74) is 0. The lowest BCUT2D eigenvalue weighted by Crippen LogP contribution is -2.30. The van der Waals surface area contributed by atoms with Gasteiger partial charge in [0, 0.05) is 19.3 Å². The number of ether oxygens (including phenoxy) is 3. The monoisotopic (exact) mass is 1160 g/mol. The van der Waals surface area contributed by atoms with E-state index in [1.807, 2.05) is 0 Å². The van der Waals surface area contributed by atoms with Gasteiger partial charge in [0.25, 0.3) is 0 Å². The van der Waals surface area contributed by atoms with Crippen molar-refractivity contribution >= 4 is 17.9 Å². The molecule has 0 aliphatic heterocycles. The minimum absolute atomic E-state index is 0.0717. The number of hydrogen-bond donors (Lipinski definition) is 0. The molecule has 0 amide bonds. The second-order valence-electron chi connectivity index (χ2n) is 24.9. The Balaban J connectivity index is 4.33. The van der Waals surface area contributed by atoms with Gasteiger partial charge < -0.3 is 14.2 Å². The predicted octanol–water partition coefficient (Wildman–Crippen LogP) is 25.5. The van der Waals surface area contributed by atoms with Gasteiger partial charge >= 0.3 is 17.9 Å². The second-order valence-corrected chi connectivity index (χ2v) is 24.9. The van der Waals surface area contributed by atoms with E-state index in [9.17, 15) is 14.4 Å². The quantitative estimate of drug-likeness (QED) is 0.0261. The van der Waals surface area contributed by atoms with Crippen molar-refractivity contribution in [2.24, 2.45) is 0 Å². The molecule has 83 heavy (non-hydrogen) atoms. The molecule has 0 aromatic heterocycles. The van der Waals surface area contributed by atoms with Gasteiger partial charge in [0.2, 0.25) is 0 Å². The maximum absolute atomic E-state index is 13.0. The minimum atomic E-state index is -0.777. The summed E-state index contributed by atoms with van der Waals surface area (Å²) in [5.74, 6) is -0.850. The molecule has 1 atom stereocenters. The minimum Gasteiger partial charge on any atom is -0.462 e. The molecule has 0 aromatic carbocycles. The summed E-state index contributed by atoms with van der Waals surface area (Å²) in [7, 11) is 0. The molecule has 0 fully saturated rings. The summed E-state index contributed by atoms with van der Waals surface area (Å²) in [6, 6.07) is 0. The predicted molar refractivity (Wildman–Crippen MR) is 362 cm³/mol. The number of esters is 3. The van der Waals surface area contributed by atoms with Crippen LogP contribution in [0.15, 0.2) is 60.8 Å². The third kappa shape index (κ3) is 69.8. The largest absolute Gasteiger partial charge is 0.462 e. The van der Waals surface area contributed by atoms with Crippen LogP contribution in [0.3, 0.4) is 0 Å². The fourth-order valence-electron chi connectivity index (χ4n) is 11.0. The van der Waals surface area contributed by atoms with Crippen LogP contribution in [-0.2, 0) is 28.6 Å². The van der Waals surface area contributed by atoms with Gasteiger partial charge in [-0.05, 0) is 89.9 Å². The van der Waals surface area contributed by atoms with Crippen LogP contribution < -0.4 is 0 Å². The number of allylic oxidation sites excluding steroid dienone is 10. The zero-order valence-corrected chi connectivity index (χ0v) is 55.7. The molecule has 0 saturated heterocycles. The third-order valence-corrected chi connectivity index (χ3v) is 16.5. The first kappa shape index (κ1) is 80.1. The highest BCUT2D eigenvalue weighted by Gasteiger charge is 2.19. The van der Waals surface area contributed by atoms with Gasteiger partial charge in [-0.3, -0.25) is 14.4 Å². The van der Waals surface area contributed by atoms with Gasteiger partial charge in [-0.15, -0.1) is 0 Å². The molecule has 0 saturated carbocycles. The van der Waals surface area contributed by atoms with Crippen LogP contribution in [0, 0.1) is 0 Å². The molecular weight excluding hydrogens is 1020 g/mol. The average Bonchev–Trinajstić information content (AvgIpc) is 3.49. The lowest BCUT2D eigenvalue weighted by atomic mass is 10.0. The molecular formula is C77H140O6. The molecule has 0 aliphatic carbocycles. The highest BCUT2D eigenvalue weighted by atomic mass is 16.6. The second kappa shape index (κ2) is 71.6. The fraction of sp³-hybridized carbons (Fsp3) is 0.831. The van der Waals surface area contributed by atoms with Crippen molar-refractivity contribution in [1.82, 2.24) is 0 Å². The highest BCUT2D eigenvalue weighted by Crippen LogP contribution is 2.18. The smallest absolute Gasteiger partial charge is 0.306 e.